The molecule has 4 N–H and O–H groups in total. The number of hydrogen-bond donors (Lipinski definition) is 3. The van der Waals surface area contributed by atoms with E-state index in [1.165, 1.54) is 6.26 Å². The number of hydrogen-bond acceptors (Lipinski definition) is 4. The summed E-state index contributed by atoms with van der Waals surface area (Å²) in [4.78, 5) is 25.2. The van der Waals surface area contributed by atoms with Gasteiger partial charge in [-0.2, -0.15) is 0 Å². The quantitative estimate of drug-likeness (QED) is 0.704. The van der Waals surface area contributed by atoms with Crippen LogP contribution in [0.25, 0.3) is 0 Å². The van der Waals surface area contributed by atoms with Crippen LogP contribution >= 0.6 is 12.4 Å². The van der Waals surface area contributed by atoms with Gasteiger partial charge in [-0.1, -0.05) is 30.3 Å². The molecule has 0 spiro atoms. The lowest BCUT2D eigenvalue weighted by molar-refractivity contribution is -0.123. The molecule has 1 aliphatic rings. The minimum atomic E-state index is -0.661. The van der Waals surface area contributed by atoms with E-state index >= 15 is 0 Å². The van der Waals surface area contributed by atoms with E-state index < -0.39 is 11.9 Å². The first kappa shape index (κ1) is 21.0. The Balaban J connectivity index is 0.00000261. The van der Waals surface area contributed by atoms with Gasteiger partial charge in [-0.15, -0.1) is 12.4 Å². The maximum Gasteiger partial charge on any atom is 0.287 e. The van der Waals surface area contributed by atoms with Gasteiger partial charge in [0, 0.05) is 18.5 Å². The van der Waals surface area contributed by atoms with E-state index in [1.807, 2.05) is 30.3 Å². The second kappa shape index (κ2) is 10.1. The summed E-state index contributed by atoms with van der Waals surface area (Å²) in [7, 11) is 0. The van der Waals surface area contributed by atoms with Crippen molar-refractivity contribution in [1.82, 2.24) is 10.6 Å². The fraction of sp³-hybridized carbons (Fsp3) is 0.400. The molecule has 27 heavy (non-hydrogen) atoms. The Morgan fingerprint density at radius 1 is 1.07 bits per heavy atom. The summed E-state index contributed by atoms with van der Waals surface area (Å²) in [6.07, 6.45) is 5.42. The van der Waals surface area contributed by atoms with Crippen LogP contribution in [0.3, 0.4) is 0 Å². The van der Waals surface area contributed by atoms with Crippen molar-refractivity contribution < 1.29 is 14.0 Å². The van der Waals surface area contributed by atoms with E-state index in [9.17, 15) is 9.59 Å². The molecule has 1 heterocycles. The number of benzene rings is 1. The lowest BCUT2D eigenvalue weighted by Gasteiger charge is -2.28. The minimum absolute atomic E-state index is 0. The average molecular weight is 392 g/mol. The van der Waals surface area contributed by atoms with E-state index in [2.05, 4.69) is 10.6 Å². The Kier molecular flexibility index (Phi) is 7.88. The van der Waals surface area contributed by atoms with E-state index in [0.29, 0.717) is 6.42 Å². The summed E-state index contributed by atoms with van der Waals surface area (Å²) >= 11 is 0. The summed E-state index contributed by atoms with van der Waals surface area (Å²) in [5, 5.41) is 5.87. The van der Waals surface area contributed by atoms with Crippen LogP contribution in [-0.4, -0.2) is 29.9 Å². The molecule has 2 amide bonds. The van der Waals surface area contributed by atoms with E-state index in [0.717, 1.165) is 31.2 Å². The normalized spacial score (nSPS) is 20.2. The molecule has 1 aromatic carbocycles. The number of furan rings is 1. The highest BCUT2D eigenvalue weighted by molar-refractivity contribution is 5.95. The zero-order chi connectivity index (χ0) is 18.4. The molecule has 6 nitrogen and oxygen atoms in total. The second-order valence-corrected chi connectivity index (χ2v) is 6.81. The third-order valence-corrected chi connectivity index (χ3v) is 4.77. The summed E-state index contributed by atoms with van der Waals surface area (Å²) in [6, 6.07) is 12.5. The van der Waals surface area contributed by atoms with Crippen molar-refractivity contribution >= 4 is 24.2 Å². The number of nitrogens with one attached hydrogen (secondary N) is 2. The van der Waals surface area contributed by atoms with Crippen LogP contribution in [0.1, 0.15) is 41.8 Å². The van der Waals surface area contributed by atoms with Crippen molar-refractivity contribution in [1.29, 1.82) is 0 Å². The smallest absolute Gasteiger partial charge is 0.287 e. The number of amides is 2. The van der Waals surface area contributed by atoms with E-state index in [4.69, 9.17) is 10.2 Å². The standard InChI is InChI=1S/C20H25N3O3.ClH/c21-15-8-10-16(11-9-15)22-19(24)17(13-14-5-2-1-3-6-14)23-20(25)18-7-4-12-26-18;/h1-7,12,15-17H,8-11,13,21H2,(H,22,24)(H,23,25);1H. The number of halogens is 1. The molecule has 1 fully saturated rings. The highest BCUT2D eigenvalue weighted by Crippen LogP contribution is 2.17. The van der Waals surface area contributed by atoms with Gasteiger partial charge in [0.25, 0.3) is 5.91 Å². The van der Waals surface area contributed by atoms with Gasteiger partial charge in [0.2, 0.25) is 5.91 Å². The Labute approximate surface area is 165 Å². The van der Waals surface area contributed by atoms with Crippen molar-refractivity contribution in [2.45, 2.75) is 50.2 Å². The van der Waals surface area contributed by atoms with Crippen molar-refractivity contribution in [2.24, 2.45) is 5.73 Å². The van der Waals surface area contributed by atoms with Gasteiger partial charge in [0.1, 0.15) is 6.04 Å². The molecule has 146 valence electrons. The number of rotatable bonds is 6. The predicted molar refractivity (Wildman–Crippen MR) is 106 cm³/mol. The largest absolute Gasteiger partial charge is 0.459 e. The zero-order valence-corrected chi connectivity index (χ0v) is 15.9. The van der Waals surface area contributed by atoms with Gasteiger partial charge >= 0.3 is 0 Å². The average Bonchev–Trinajstić information content (AvgIpc) is 3.19. The number of nitrogens with two attached hydrogens (primary N) is 1. The highest BCUT2D eigenvalue weighted by atomic mass is 35.5. The third kappa shape index (κ3) is 6.12. The van der Waals surface area contributed by atoms with Crippen LogP contribution in [0, 0.1) is 0 Å². The van der Waals surface area contributed by atoms with Gasteiger partial charge in [0.15, 0.2) is 5.76 Å². The monoisotopic (exact) mass is 391 g/mol. The molecule has 1 saturated carbocycles. The Morgan fingerprint density at radius 2 is 1.78 bits per heavy atom. The summed E-state index contributed by atoms with van der Waals surface area (Å²) in [5.74, 6) is -0.370. The maximum atomic E-state index is 12.8. The fourth-order valence-electron chi connectivity index (χ4n) is 3.26. The van der Waals surface area contributed by atoms with Gasteiger partial charge < -0.3 is 20.8 Å². The molecule has 0 saturated heterocycles. The van der Waals surface area contributed by atoms with Crippen LogP contribution in [0.2, 0.25) is 0 Å². The number of carbonyl (C=O) groups is 2. The molecule has 7 heteroatoms. The Morgan fingerprint density at radius 3 is 2.41 bits per heavy atom. The maximum absolute atomic E-state index is 12.8. The number of carbonyl (C=O) groups excluding carboxylic acids is 2. The first-order chi connectivity index (χ1) is 12.6. The molecular formula is C20H26ClN3O3. The topological polar surface area (TPSA) is 97.4 Å². The van der Waals surface area contributed by atoms with Gasteiger partial charge in [-0.25, -0.2) is 0 Å². The van der Waals surface area contributed by atoms with E-state index in [-0.39, 0.29) is 36.2 Å². The zero-order valence-electron chi connectivity index (χ0n) is 15.1. The Bertz CT molecular complexity index is 713. The van der Waals surface area contributed by atoms with Crippen LogP contribution < -0.4 is 16.4 Å². The summed E-state index contributed by atoms with van der Waals surface area (Å²) in [6.45, 7) is 0. The van der Waals surface area contributed by atoms with Crippen molar-refractivity contribution in [3.05, 3.63) is 60.1 Å². The van der Waals surface area contributed by atoms with Crippen molar-refractivity contribution in [2.75, 3.05) is 0 Å². The van der Waals surface area contributed by atoms with Crippen molar-refractivity contribution in [3.8, 4) is 0 Å². The summed E-state index contributed by atoms with van der Waals surface area (Å²) in [5.41, 5.74) is 6.91. The van der Waals surface area contributed by atoms with Crippen LogP contribution in [-0.2, 0) is 11.2 Å². The van der Waals surface area contributed by atoms with Gasteiger partial charge in [-0.3, -0.25) is 9.59 Å². The minimum Gasteiger partial charge on any atom is -0.459 e. The molecule has 0 radical (unpaired) electrons. The third-order valence-electron chi connectivity index (χ3n) is 4.77. The molecule has 1 unspecified atom stereocenters. The molecule has 3 rings (SSSR count). The fourth-order valence-corrected chi connectivity index (χ4v) is 3.26. The van der Waals surface area contributed by atoms with Crippen LogP contribution in [0.5, 0.6) is 0 Å². The SMILES string of the molecule is Cl.NC1CCC(NC(=O)C(Cc2ccccc2)NC(=O)c2ccco2)CC1. The first-order valence-corrected chi connectivity index (χ1v) is 9.06. The van der Waals surface area contributed by atoms with Crippen LogP contribution in [0.4, 0.5) is 0 Å². The molecule has 1 aliphatic carbocycles. The van der Waals surface area contributed by atoms with Crippen molar-refractivity contribution in [3.63, 3.8) is 0 Å². The second-order valence-electron chi connectivity index (χ2n) is 6.81. The molecule has 2 aromatic rings. The highest BCUT2D eigenvalue weighted by Gasteiger charge is 2.26. The lowest BCUT2D eigenvalue weighted by Crippen LogP contribution is -2.51. The molecule has 1 aromatic heterocycles. The lowest BCUT2D eigenvalue weighted by atomic mass is 9.91. The van der Waals surface area contributed by atoms with Gasteiger partial charge in [0.05, 0.1) is 6.26 Å². The van der Waals surface area contributed by atoms with E-state index in [1.54, 1.807) is 12.1 Å². The molecule has 1 atom stereocenters. The molecule has 0 bridgehead atoms. The first-order valence-electron chi connectivity index (χ1n) is 9.06. The Hall–Kier alpha value is -2.31. The molecular weight excluding hydrogens is 366 g/mol. The van der Waals surface area contributed by atoms with Gasteiger partial charge in [-0.05, 0) is 43.4 Å². The van der Waals surface area contributed by atoms with Crippen LogP contribution in [0.15, 0.2) is 53.1 Å². The predicted octanol–water partition coefficient (Wildman–Crippen LogP) is 2.43. The summed E-state index contributed by atoms with van der Waals surface area (Å²) < 4.78 is 5.13. The molecule has 0 aliphatic heterocycles.